The second-order valence-corrected chi connectivity index (χ2v) is 9.14. The third-order valence-corrected chi connectivity index (χ3v) is 6.76. The number of nitrogens with one attached hydrogen (secondary N) is 2. The highest BCUT2D eigenvalue weighted by Crippen LogP contribution is 2.28. The molecule has 3 aromatic carbocycles. The Kier molecular flexibility index (Phi) is 4.84. The van der Waals surface area contributed by atoms with Crippen LogP contribution in [0.3, 0.4) is 0 Å². The van der Waals surface area contributed by atoms with Gasteiger partial charge in [-0.25, -0.2) is 18.1 Å². The van der Waals surface area contributed by atoms with Gasteiger partial charge in [0.05, 0.1) is 21.5 Å². The fraction of sp³-hybridized carbons (Fsp3) is 0.100. The zero-order valence-electron chi connectivity index (χ0n) is 15.0. The van der Waals surface area contributed by atoms with Gasteiger partial charge in [0.15, 0.2) is 5.13 Å². The molecule has 0 fully saturated rings. The van der Waals surface area contributed by atoms with E-state index in [4.69, 9.17) is 0 Å². The monoisotopic (exact) mass is 411 g/mol. The number of carbonyl (C=O) groups excluding carboxylic acids is 1. The van der Waals surface area contributed by atoms with Crippen LogP contribution in [0.15, 0.2) is 65.6 Å². The maximum atomic E-state index is 12.5. The summed E-state index contributed by atoms with van der Waals surface area (Å²) >= 11 is 1.25. The molecular weight excluding hydrogens is 394 g/mol. The molecule has 0 spiro atoms. The van der Waals surface area contributed by atoms with Crippen molar-refractivity contribution in [1.82, 2.24) is 9.71 Å². The first-order valence-electron chi connectivity index (χ1n) is 8.57. The van der Waals surface area contributed by atoms with Crippen molar-refractivity contribution < 1.29 is 13.2 Å². The number of sulfonamides is 1. The maximum Gasteiger partial charge on any atom is 0.240 e. The fourth-order valence-corrected chi connectivity index (χ4v) is 4.78. The first-order chi connectivity index (χ1) is 13.5. The summed E-state index contributed by atoms with van der Waals surface area (Å²) in [5.41, 5.74) is 1.58. The van der Waals surface area contributed by atoms with Crippen LogP contribution < -0.4 is 10.0 Å². The Morgan fingerprint density at radius 3 is 2.68 bits per heavy atom. The normalized spacial score (nSPS) is 11.8. The molecule has 2 N–H and O–H groups in total. The molecule has 1 amide bonds. The van der Waals surface area contributed by atoms with Crippen LogP contribution in [0, 0.1) is 0 Å². The summed E-state index contributed by atoms with van der Waals surface area (Å²) in [4.78, 5) is 17.1. The molecule has 0 saturated carbocycles. The number of rotatable bonds is 5. The van der Waals surface area contributed by atoms with E-state index in [1.165, 1.54) is 24.5 Å². The van der Waals surface area contributed by atoms with Crippen molar-refractivity contribution in [1.29, 1.82) is 0 Å². The number of fused-ring (bicyclic) bond motifs is 2. The molecule has 0 bridgehead atoms. The third-order valence-electron chi connectivity index (χ3n) is 4.42. The van der Waals surface area contributed by atoms with E-state index in [0.717, 1.165) is 16.3 Å². The zero-order chi connectivity index (χ0) is 19.7. The molecule has 0 aliphatic heterocycles. The second kappa shape index (κ2) is 7.31. The lowest BCUT2D eigenvalue weighted by molar-refractivity contribution is -0.115. The molecule has 28 heavy (non-hydrogen) atoms. The van der Waals surface area contributed by atoms with E-state index in [-0.39, 0.29) is 17.2 Å². The van der Waals surface area contributed by atoms with Crippen molar-refractivity contribution in [2.45, 2.75) is 11.3 Å². The lowest BCUT2D eigenvalue weighted by Gasteiger charge is -2.06. The summed E-state index contributed by atoms with van der Waals surface area (Å²) in [6.45, 7) is 0. The van der Waals surface area contributed by atoms with E-state index >= 15 is 0 Å². The number of nitrogens with zero attached hydrogens (tertiary/aromatic N) is 1. The van der Waals surface area contributed by atoms with Gasteiger partial charge in [0.1, 0.15) is 0 Å². The Morgan fingerprint density at radius 2 is 1.86 bits per heavy atom. The summed E-state index contributed by atoms with van der Waals surface area (Å²) in [6, 6.07) is 18.5. The molecule has 0 atom stereocenters. The van der Waals surface area contributed by atoms with Crippen molar-refractivity contribution in [3.8, 4) is 0 Å². The van der Waals surface area contributed by atoms with Crippen LogP contribution in [0.25, 0.3) is 21.0 Å². The minimum absolute atomic E-state index is 0.166. The predicted octanol–water partition coefficient (Wildman–Crippen LogP) is 3.54. The van der Waals surface area contributed by atoms with Crippen LogP contribution in [-0.2, 0) is 21.2 Å². The van der Waals surface area contributed by atoms with Crippen molar-refractivity contribution in [2.75, 3.05) is 12.4 Å². The van der Waals surface area contributed by atoms with Gasteiger partial charge in [0.25, 0.3) is 0 Å². The summed E-state index contributed by atoms with van der Waals surface area (Å²) in [5.74, 6) is -0.168. The first kappa shape index (κ1) is 18.5. The van der Waals surface area contributed by atoms with Gasteiger partial charge < -0.3 is 5.32 Å². The minimum Gasteiger partial charge on any atom is -0.302 e. The number of carbonyl (C=O) groups is 1. The lowest BCUT2D eigenvalue weighted by Crippen LogP contribution is -2.18. The molecule has 8 heteroatoms. The summed E-state index contributed by atoms with van der Waals surface area (Å²) in [6.07, 6.45) is 0.233. The molecular formula is C20H17N3O3S2. The molecule has 4 aromatic rings. The summed E-state index contributed by atoms with van der Waals surface area (Å²) in [7, 11) is -2.16. The molecule has 0 saturated heterocycles. The molecule has 1 heterocycles. The fourth-order valence-electron chi connectivity index (χ4n) is 3.03. The van der Waals surface area contributed by atoms with Crippen LogP contribution in [0.4, 0.5) is 5.13 Å². The van der Waals surface area contributed by atoms with E-state index in [1.807, 2.05) is 42.5 Å². The van der Waals surface area contributed by atoms with E-state index in [1.54, 1.807) is 12.1 Å². The SMILES string of the molecule is CNS(=O)(=O)c1ccc2nc(NC(=O)Cc3cccc4ccccc34)sc2c1. The van der Waals surface area contributed by atoms with Gasteiger partial charge in [0, 0.05) is 0 Å². The Balaban J connectivity index is 1.57. The molecule has 0 aliphatic carbocycles. The van der Waals surface area contributed by atoms with Gasteiger partial charge in [-0.15, -0.1) is 0 Å². The zero-order valence-corrected chi connectivity index (χ0v) is 16.6. The van der Waals surface area contributed by atoms with E-state index in [0.29, 0.717) is 15.3 Å². The quantitative estimate of drug-likeness (QED) is 0.526. The van der Waals surface area contributed by atoms with Crippen molar-refractivity contribution >= 4 is 53.4 Å². The van der Waals surface area contributed by atoms with Gasteiger partial charge in [-0.1, -0.05) is 53.8 Å². The van der Waals surface area contributed by atoms with Crippen molar-refractivity contribution in [3.63, 3.8) is 0 Å². The third kappa shape index (κ3) is 3.62. The topological polar surface area (TPSA) is 88.2 Å². The highest BCUT2D eigenvalue weighted by molar-refractivity contribution is 7.89. The highest BCUT2D eigenvalue weighted by Gasteiger charge is 2.15. The molecule has 0 aliphatic rings. The number of anilines is 1. The largest absolute Gasteiger partial charge is 0.302 e. The summed E-state index contributed by atoms with van der Waals surface area (Å²) in [5, 5.41) is 5.40. The standard InChI is InChI=1S/C20H17N3O3S2/c1-21-28(25,26)15-9-10-17-18(12-15)27-20(22-17)23-19(24)11-14-7-4-6-13-5-2-3-8-16(13)14/h2-10,12,21H,11H2,1H3,(H,22,23,24). The van der Waals surface area contributed by atoms with Crippen LogP contribution in [0.2, 0.25) is 0 Å². The Morgan fingerprint density at radius 1 is 1.07 bits per heavy atom. The van der Waals surface area contributed by atoms with E-state index in [9.17, 15) is 13.2 Å². The lowest BCUT2D eigenvalue weighted by atomic mass is 10.0. The highest BCUT2D eigenvalue weighted by atomic mass is 32.2. The smallest absolute Gasteiger partial charge is 0.240 e. The van der Waals surface area contributed by atoms with Gasteiger partial charge in [-0.05, 0) is 41.6 Å². The summed E-state index contributed by atoms with van der Waals surface area (Å²) < 4.78 is 26.9. The van der Waals surface area contributed by atoms with Crippen LogP contribution in [0.1, 0.15) is 5.56 Å². The van der Waals surface area contributed by atoms with E-state index < -0.39 is 10.0 Å². The number of hydrogen-bond donors (Lipinski definition) is 2. The molecule has 1 aromatic heterocycles. The number of aromatic nitrogens is 1. The minimum atomic E-state index is -3.52. The van der Waals surface area contributed by atoms with Crippen molar-refractivity contribution in [3.05, 3.63) is 66.2 Å². The average Bonchev–Trinajstić information content (AvgIpc) is 3.09. The van der Waals surface area contributed by atoms with E-state index in [2.05, 4.69) is 15.0 Å². The molecule has 6 nitrogen and oxygen atoms in total. The number of hydrogen-bond acceptors (Lipinski definition) is 5. The van der Waals surface area contributed by atoms with Gasteiger partial charge in [0.2, 0.25) is 15.9 Å². The Labute approximate surface area is 166 Å². The molecule has 142 valence electrons. The number of thiazole rings is 1. The molecule has 4 rings (SSSR count). The number of amides is 1. The van der Waals surface area contributed by atoms with Crippen LogP contribution in [-0.4, -0.2) is 26.4 Å². The molecule has 0 radical (unpaired) electrons. The maximum absolute atomic E-state index is 12.5. The second-order valence-electron chi connectivity index (χ2n) is 6.22. The van der Waals surface area contributed by atoms with Crippen molar-refractivity contribution in [2.24, 2.45) is 0 Å². The van der Waals surface area contributed by atoms with Crippen LogP contribution >= 0.6 is 11.3 Å². The Bertz CT molecular complexity index is 1290. The van der Waals surface area contributed by atoms with Gasteiger partial charge in [-0.3, -0.25) is 4.79 Å². The molecule has 0 unspecified atom stereocenters. The average molecular weight is 412 g/mol. The van der Waals surface area contributed by atoms with Gasteiger partial charge in [-0.2, -0.15) is 0 Å². The first-order valence-corrected chi connectivity index (χ1v) is 10.9. The van der Waals surface area contributed by atoms with Crippen LogP contribution in [0.5, 0.6) is 0 Å². The predicted molar refractivity (Wildman–Crippen MR) is 112 cm³/mol. The Hall–Kier alpha value is -2.81. The van der Waals surface area contributed by atoms with Gasteiger partial charge >= 0.3 is 0 Å². The number of benzene rings is 3.